The minimum Gasteiger partial charge on any atom is -0.493 e. The lowest BCUT2D eigenvalue weighted by molar-refractivity contribution is 0.102. The van der Waals surface area contributed by atoms with Crippen molar-refractivity contribution in [3.05, 3.63) is 78.3 Å². The van der Waals surface area contributed by atoms with E-state index in [0.29, 0.717) is 35.3 Å². The number of benzene rings is 2. The van der Waals surface area contributed by atoms with Gasteiger partial charge in [-0.15, -0.1) is 0 Å². The van der Waals surface area contributed by atoms with Gasteiger partial charge in [-0.3, -0.25) is 4.79 Å². The van der Waals surface area contributed by atoms with Crippen LogP contribution in [0, 0.1) is 5.92 Å². The molecular formula is C22H24N2O5S. The van der Waals surface area contributed by atoms with Crippen molar-refractivity contribution in [2.75, 3.05) is 11.9 Å². The molecular weight excluding hydrogens is 404 g/mol. The molecule has 1 heterocycles. The van der Waals surface area contributed by atoms with Crippen LogP contribution in [0.15, 0.2) is 76.2 Å². The van der Waals surface area contributed by atoms with E-state index in [4.69, 9.17) is 9.15 Å². The summed E-state index contributed by atoms with van der Waals surface area (Å²) in [5.74, 6) is 1.21. The molecule has 0 bridgehead atoms. The maximum atomic E-state index is 12.5. The maximum Gasteiger partial charge on any atom is 0.255 e. The van der Waals surface area contributed by atoms with Gasteiger partial charge in [0, 0.05) is 11.3 Å². The van der Waals surface area contributed by atoms with Crippen LogP contribution in [0.5, 0.6) is 5.75 Å². The number of hydrogen-bond acceptors (Lipinski definition) is 5. The Labute approximate surface area is 176 Å². The second-order valence-electron chi connectivity index (χ2n) is 7.12. The molecule has 7 nitrogen and oxygen atoms in total. The SMILES string of the molecule is CC(C)COc1cccc(C(=O)Nc2ccc(S(=O)(=O)NCc3ccco3)cc2)c1. The molecule has 0 aliphatic carbocycles. The van der Waals surface area contributed by atoms with Gasteiger partial charge >= 0.3 is 0 Å². The van der Waals surface area contributed by atoms with E-state index in [0.717, 1.165) is 0 Å². The highest BCUT2D eigenvalue weighted by Crippen LogP contribution is 2.18. The molecule has 0 unspecified atom stereocenters. The summed E-state index contributed by atoms with van der Waals surface area (Å²) in [6.07, 6.45) is 1.48. The zero-order valence-corrected chi connectivity index (χ0v) is 17.6. The normalized spacial score (nSPS) is 11.4. The molecule has 2 aromatic carbocycles. The predicted molar refractivity (Wildman–Crippen MR) is 114 cm³/mol. The Hall–Kier alpha value is -3.10. The number of amides is 1. The summed E-state index contributed by atoms with van der Waals surface area (Å²) in [5.41, 5.74) is 0.937. The first-order valence-corrected chi connectivity index (χ1v) is 11.0. The Morgan fingerprint density at radius 2 is 1.83 bits per heavy atom. The van der Waals surface area contributed by atoms with Gasteiger partial charge in [0.2, 0.25) is 10.0 Å². The standard InChI is InChI=1S/C22H24N2O5S/c1-16(2)15-29-19-6-3-5-17(13-19)22(25)24-18-8-10-21(11-9-18)30(26,27)23-14-20-7-4-12-28-20/h3-13,16,23H,14-15H2,1-2H3,(H,24,25). The first-order valence-electron chi connectivity index (χ1n) is 9.50. The first-order chi connectivity index (χ1) is 14.3. The molecule has 1 aromatic heterocycles. The minimum absolute atomic E-state index is 0.0586. The van der Waals surface area contributed by atoms with Gasteiger partial charge < -0.3 is 14.5 Å². The fourth-order valence-corrected chi connectivity index (χ4v) is 3.57. The molecule has 0 aliphatic rings. The number of rotatable bonds is 9. The van der Waals surface area contributed by atoms with Crippen LogP contribution in [0.25, 0.3) is 0 Å². The molecule has 2 N–H and O–H groups in total. The molecule has 0 spiro atoms. The van der Waals surface area contributed by atoms with Crippen LogP contribution in [0.2, 0.25) is 0 Å². The van der Waals surface area contributed by atoms with E-state index in [1.165, 1.54) is 18.4 Å². The van der Waals surface area contributed by atoms with Crippen LogP contribution in [-0.4, -0.2) is 20.9 Å². The lowest BCUT2D eigenvalue weighted by Crippen LogP contribution is -2.23. The Morgan fingerprint density at radius 3 is 2.50 bits per heavy atom. The third-order valence-electron chi connectivity index (χ3n) is 4.12. The van der Waals surface area contributed by atoms with E-state index < -0.39 is 10.0 Å². The van der Waals surface area contributed by atoms with Crippen molar-refractivity contribution in [1.29, 1.82) is 0 Å². The van der Waals surface area contributed by atoms with Crippen molar-refractivity contribution in [1.82, 2.24) is 4.72 Å². The fourth-order valence-electron chi connectivity index (χ4n) is 2.57. The molecule has 0 radical (unpaired) electrons. The average Bonchev–Trinajstić information content (AvgIpc) is 3.25. The molecule has 8 heteroatoms. The van der Waals surface area contributed by atoms with E-state index in [9.17, 15) is 13.2 Å². The van der Waals surface area contributed by atoms with Crippen LogP contribution in [-0.2, 0) is 16.6 Å². The van der Waals surface area contributed by atoms with Gasteiger partial charge in [-0.2, -0.15) is 0 Å². The van der Waals surface area contributed by atoms with Crippen LogP contribution in [0.3, 0.4) is 0 Å². The zero-order chi connectivity index (χ0) is 21.6. The van der Waals surface area contributed by atoms with Gasteiger partial charge in [0.1, 0.15) is 11.5 Å². The van der Waals surface area contributed by atoms with Crippen molar-refractivity contribution < 1.29 is 22.4 Å². The highest BCUT2D eigenvalue weighted by atomic mass is 32.2. The maximum absolute atomic E-state index is 12.5. The summed E-state index contributed by atoms with van der Waals surface area (Å²) in [6.45, 7) is 4.72. The molecule has 0 fully saturated rings. The van der Waals surface area contributed by atoms with Gasteiger partial charge in [-0.1, -0.05) is 19.9 Å². The Balaban J connectivity index is 1.62. The van der Waals surface area contributed by atoms with Gasteiger partial charge in [0.05, 0.1) is 24.3 Å². The largest absolute Gasteiger partial charge is 0.493 e. The van der Waals surface area contributed by atoms with E-state index in [1.807, 2.05) is 13.8 Å². The third kappa shape index (κ3) is 5.95. The monoisotopic (exact) mass is 428 g/mol. The number of ether oxygens (including phenoxy) is 1. The van der Waals surface area contributed by atoms with Gasteiger partial charge in [0.15, 0.2) is 0 Å². The molecule has 158 valence electrons. The summed E-state index contributed by atoms with van der Waals surface area (Å²) in [5, 5.41) is 2.76. The van der Waals surface area contributed by atoms with E-state index in [2.05, 4.69) is 10.0 Å². The summed E-state index contributed by atoms with van der Waals surface area (Å²) in [7, 11) is -3.69. The molecule has 0 aliphatic heterocycles. The minimum atomic E-state index is -3.69. The fraction of sp³-hybridized carbons (Fsp3) is 0.227. The lowest BCUT2D eigenvalue weighted by Gasteiger charge is -2.11. The average molecular weight is 429 g/mol. The van der Waals surface area contributed by atoms with Gasteiger partial charge in [-0.25, -0.2) is 13.1 Å². The Morgan fingerprint density at radius 1 is 1.07 bits per heavy atom. The van der Waals surface area contributed by atoms with Crippen molar-refractivity contribution >= 4 is 21.6 Å². The number of anilines is 1. The second-order valence-corrected chi connectivity index (χ2v) is 8.88. The first kappa shape index (κ1) is 21.6. The van der Waals surface area contributed by atoms with Crippen molar-refractivity contribution in [2.24, 2.45) is 5.92 Å². The zero-order valence-electron chi connectivity index (χ0n) is 16.8. The van der Waals surface area contributed by atoms with E-state index in [1.54, 1.807) is 48.5 Å². The number of hydrogen-bond donors (Lipinski definition) is 2. The van der Waals surface area contributed by atoms with Gasteiger partial charge in [0.25, 0.3) is 5.91 Å². The van der Waals surface area contributed by atoms with Gasteiger partial charge in [-0.05, 0) is 60.5 Å². The molecule has 0 atom stereocenters. The van der Waals surface area contributed by atoms with Crippen molar-refractivity contribution in [3.8, 4) is 5.75 Å². The lowest BCUT2D eigenvalue weighted by atomic mass is 10.2. The van der Waals surface area contributed by atoms with Crippen LogP contribution in [0.1, 0.15) is 30.0 Å². The topological polar surface area (TPSA) is 97.6 Å². The van der Waals surface area contributed by atoms with E-state index >= 15 is 0 Å². The molecule has 1 amide bonds. The highest BCUT2D eigenvalue weighted by Gasteiger charge is 2.15. The number of sulfonamides is 1. The molecule has 0 saturated carbocycles. The molecule has 0 saturated heterocycles. The molecule has 30 heavy (non-hydrogen) atoms. The summed E-state index contributed by atoms with van der Waals surface area (Å²) >= 11 is 0. The van der Waals surface area contributed by atoms with E-state index in [-0.39, 0.29) is 17.3 Å². The van der Waals surface area contributed by atoms with Crippen LogP contribution >= 0.6 is 0 Å². The Bertz CT molecular complexity index is 1070. The number of nitrogens with one attached hydrogen (secondary N) is 2. The number of furan rings is 1. The predicted octanol–water partition coefficient (Wildman–Crippen LogP) is 4.05. The highest BCUT2D eigenvalue weighted by molar-refractivity contribution is 7.89. The van der Waals surface area contributed by atoms with Crippen LogP contribution < -0.4 is 14.8 Å². The quantitative estimate of drug-likeness (QED) is 0.536. The van der Waals surface area contributed by atoms with Crippen LogP contribution in [0.4, 0.5) is 5.69 Å². The Kier molecular flexibility index (Phi) is 6.91. The smallest absolute Gasteiger partial charge is 0.255 e. The second kappa shape index (κ2) is 9.60. The van der Waals surface area contributed by atoms with Crippen molar-refractivity contribution in [3.63, 3.8) is 0 Å². The molecule has 3 aromatic rings. The number of carbonyl (C=O) groups is 1. The molecule has 3 rings (SSSR count). The number of carbonyl (C=O) groups excluding carboxylic acids is 1. The summed E-state index contributed by atoms with van der Waals surface area (Å²) in [6, 6.07) is 16.2. The third-order valence-corrected chi connectivity index (χ3v) is 5.54. The van der Waals surface area contributed by atoms with Crippen molar-refractivity contribution in [2.45, 2.75) is 25.3 Å². The summed E-state index contributed by atoms with van der Waals surface area (Å²) in [4.78, 5) is 12.6. The summed E-state index contributed by atoms with van der Waals surface area (Å²) < 4.78 is 38.0.